The van der Waals surface area contributed by atoms with E-state index in [2.05, 4.69) is 11.3 Å². The average Bonchev–Trinajstić information content (AvgIpc) is 2.53. The number of nitrogens with two attached hydrogens (primary N) is 1. The fourth-order valence-electron chi connectivity index (χ4n) is 2.46. The fraction of sp³-hybridized carbons (Fsp3) is 0.333. The van der Waals surface area contributed by atoms with Crippen LogP contribution in [0, 0.1) is 12.3 Å². The Morgan fingerprint density at radius 1 is 1.43 bits per heavy atom. The Bertz CT molecular complexity index is 609. The molecule has 2 amide bonds. The van der Waals surface area contributed by atoms with Crippen LogP contribution in [0.4, 0.5) is 0 Å². The maximum absolute atomic E-state index is 12.6. The van der Waals surface area contributed by atoms with Crippen molar-refractivity contribution in [2.75, 3.05) is 6.54 Å². The van der Waals surface area contributed by atoms with Gasteiger partial charge in [0, 0.05) is 17.7 Å². The standard InChI is InChI=1S/C15H15ClN3O2/c1-2-10-6-7-11(9-12(10)16)15(21)19-8-4-3-5-13(19)14(20)18-17/h6-7,9,13H,3-5,8,17H2,(H,18,20)/t13-/m0/s1. The van der Waals surface area contributed by atoms with Crippen LogP contribution < -0.4 is 11.3 Å². The zero-order valence-corrected chi connectivity index (χ0v) is 12.1. The molecule has 5 nitrogen and oxygen atoms in total. The number of hydrogen-bond donors (Lipinski definition) is 2. The van der Waals surface area contributed by atoms with Gasteiger partial charge in [-0.25, -0.2) is 5.84 Å². The molecule has 2 rings (SSSR count). The molecule has 1 saturated heterocycles. The van der Waals surface area contributed by atoms with Crippen LogP contribution in [0.1, 0.15) is 35.2 Å². The van der Waals surface area contributed by atoms with E-state index >= 15 is 0 Å². The summed E-state index contributed by atoms with van der Waals surface area (Å²) in [6.07, 6.45) is 9.39. The van der Waals surface area contributed by atoms with Crippen molar-refractivity contribution in [1.82, 2.24) is 10.3 Å². The Labute approximate surface area is 128 Å². The van der Waals surface area contributed by atoms with Crippen LogP contribution in [-0.4, -0.2) is 29.3 Å². The van der Waals surface area contributed by atoms with Crippen LogP contribution in [0.3, 0.4) is 0 Å². The molecule has 0 spiro atoms. The molecule has 0 unspecified atom stereocenters. The first-order valence-corrected chi connectivity index (χ1v) is 7.00. The first-order chi connectivity index (χ1) is 10.1. The molecule has 0 aromatic heterocycles. The molecule has 1 aliphatic rings. The second-order valence-corrected chi connectivity index (χ2v) is 5.25. The number of hydrogen-bond acceptors (Lipinski definition) is 3. The molecule has 1 aliphatic heterocycles. The van der Waals surface area contributed by atoms with Crippen molar-refractivity contribution in [2.24, 2.45) is 5.84 Å². The summed E-state index contributed by atoms with van der Waals surface area (Å²) in [5.41, 5.74) is 2.91. The minimum Gasteiger partial charge on any atom is -0.327 e. The Balaban J connectivity index is 2.27. The first kappa shape index (κ1) is 15.4. The van der Waals surface area contributed by atoms with Crippen LogP contribution in [-0.2, 0) is 4.79 Å². The third-order valence-corrected chi connectivity index (χ3v) is 3.87. The van der Waals surface area contributed by atoms with E-state index in [1.54, 1.807) is 12.1 Å². The van der Waals surface area contributed by atoms with Gasteiger partial charge in [0.15, 0.2) is 0 Å². The number of benzene rings is 1. The summed E-state index contributed by atoms with van der Waals surface area (Å²) in [6.45, 7) is 0.507. The third-order valence-electron chi connectivity index (χ3n) is 3.56. The highest BCUT2D eigenvalue weighted by Crippen LogP contribution is 2.22. The van der Waals surface area contributed by atoms with Gasteiger partial charge in [0.2, 0.25) is 0 Å². The Kier molecular flexibility index (Phi) is 4.84. The molecule has 6 heteroatoms. The molecule has 1 aromatic carbocycles. The third kappa shape index (κ3) is 3.18. The Morgan fingerprint density at radius 2 is 2.19 bits per heavy atom. The number of carbonyl (C=O) groups excluding carboxylic acids is 2. The molecular weight excluding hydrogens is 290 g/mol. The molecule has 1 atom stereocenters. The molecular formula is C15H15ClN3O2. The zero-order chi connectivity index (χ0) is 15.4. The summed E-state index contributed by atoms with van der Waals surface area (Å²) in [7, 11) is 0. The Morgan fingerprint density at radius 3 is 2.81 bits per heavy atom. The fourth-order valence-corrected chi connectivity index (χ4v) is 2.69. The first-order valence-electron chi connectivity index (χ1n) is 6.62. The monoisotopic (exact) mass is 304 g/mol. The lowest BCUT2D eigenvalue weighted by molar-refractivity contribution is -0.126. The van der Waals surface area contributed by atoms with Crippen LogP contribution >= 0.6 is 11.6 Å². The summed E-state index contributed by atoms with van der Waals surface area (Å²) in [5, 5.41) is 0.285. The largest absolute Gasteiger partial charge is 0.327 e. The topological polar surface area (TPSA) is 75.4 Å². The van der Waals surface area contributed by atoms with Gasteiger partial charge in [0.25, 0.3) is 11.8 Å². The normalized spacial score (nSPS) is 18.0. The molecule has 21 heavy (non-hydrogen) atoms. The van der Waals surface area contributed by atoms with E-state index < -0.39 is 6.04 Å². The van der Waals surface area contributed by atoms with Gasteiger partial charge in [0.05, 0.1) is 5.02 Å². The number of likely N-dealkylation sites (tertiary alicyclic amines) is 1. The van der Waals surface area contributed by atoms with Gasteiger partial charge in [-0.15, -0.1) is 0 Å². The lowest BCUT2D eigenvalue weighted by Gasteiger charge is -2.34. The lowest BCUT2D eigenvalue weighted by Crippen LogP contribution is -2.53. The molecule has 1 radical (unpaired) electrons. The summed E-state index contributed by atoms with van der Waals surface area (Å²) in [6, 6.07) is 4.08. The molecule has 109 valence electrons. The molecule has 1 aromatic rings. The molecule has 0 bridgehead atoms. The van der Waals surface area contributed by atoms with E-state index in [1.165, 1.54) is 11.0 Å². The number of nitrogens with one attached hydrogen (secondary N) is 1. The van der Waals surface area contributed by atoms with Crippen LogP contribution in [0.5, 0.6) is 0 Å². The highest BCUT2D eigenvalue weighted by atomic mass is 35.5. The SMILES string of the molecule is [C]#Cc1ccc(C(=O)N2CCCC[C@H]2C(=O)NN)cc1Cl. The minimum atomic E-state index is -0.552. The average molecular weight is 305 g/mol. The van der Waals surface area contributed by atoms with E-state index in [9.17, 15) is 9.59 Å². The predicted octanol–water partition coefficient (Wildman–Crippen LogP) is 1.26. The minimum absolute atomic E-state index is 0.262. The van der Waals surface area contributed by atoms with E-state index in [1.807, 2.05) is 0 Å². The maximum Gasteiger partial charge on any atom is 0.256 e. The van der Waals surface area contributed by atoms with Gasteiger partial charge in [-0.05, 0) is 43.9 Å². The molecule has 1 fully saturated rings. The Hall–Kier alpha value is -2.03. The summed E-state index contributed by atoms with van der Waals surface area (Å²) in [5.74, 6) is 6.74. The van der Waals surface area contributed by atoms with E-state index in [4.69, 9.17) is 23.9 Å². The van der Waals surface area contributed by atoms with E-state index in [-0.39, 0.29) is 16.8 Å². The second kappa shape index (κ2) is 6.61. The number of halogens is 1. The number of carbonyl (C=O) groups is 2. The molecule has 0 aliphatic carbocycles. The maximum atomic E-state index is 12.6. The quantitative estimate of drug-likeness (QED) is 0.374. The van der Waals surface area contributed by atoms with Crippen molar-refractivity contribution in [3.05, 3.63) is 40.8 Å². The summed E-state index contributed by atoms with van der Waals surface area (Å²) >= 11 is 5.99. The van der Waals surface area contributed by atoms with Crippen molar-refractivity contribution < 1.29 is 9.59 Å². The van der Waals surface area contributed by atoms with Crippen molar-refractivity contribution in [3.63, 3.8) is 0 Å². The van der Waals surface area contributed by atoms with Crippen LogP contribution in [0.15, 0.2) is 18.2 Å². The highest BCUT2D eigenvalue weighted by molar-refractivity contribution is 6.32. The van der Waals surface area contributed by atoms with Gasteiger partial charge < -0.3 is 4.90 Å². The van der Waals surface area contributed by atoms with Crippen molar-refractivity contribution in [1.29, 1.82) is 0 Å². The van der Waals surface area contributed by atoms with Gasteiger partial charge >= 0.3 is 0 Å². The number of nitrogens with zero attached hydrogens (tertiary/aromatic N) is 1. The smallest absolute Gasteiger partial charge is 0.256 e. The van der Waals surface area contributed by atoms with Crippen LogP contribution in [0.2, 0.25) is 5.02 Å². The van der Waals surface area contributed by atoms with Gasteiger partial charge in [-0.3, -0.25) is 15.0 Å². The molecule has 3 N–H and O–H groups in total. The predicted molar refractivity (Wildman–Crippen MR) is 78.7 cm³/mol. The zero-order valence-electron chi connectivity index (χ0n) is 11.4. The van der Waals surface area contributed by atoms with Crippen LogP contribution in [0.25, 0.3) is 0 Å². The van der Waals surface area contributed by atoms with Gasteiger partial charge in [-0.2, -0.15) is 0 Å². The molecule has 0 saturated carbocycles. The number of piperidine rings is 1. The number of amides is 2. The number of rotatable bonds is 2. The second-order valence-electron chi connectivity index (χ2n) is 4.84. The van der Waals surface area contributed by atoms with Crippen molar-refractivity contribution in [3.8, 4) is 5.92 Å². The summed E-state index contributed by atoms with van der Waals surface area (Å²) < 4.78 is 0. The van der Waals surface area contributed by atoms with Crippen molar-refractivity contribution >= 4 is 23.4 Å². The molecule has 1 heterocycles. The van der Waals surface area contributed by atoms with Crippen molar-refractivity contribution in [2.45, 2.75) is 25.3 Å². The highest BCUT2D eigenvalue weighted by Gasteiger charge is 2.32. The summed E-state index contributed by atoms with van der Waals surface area (Å²) in [4.78, 5) is 25.9. The van der Waals surface area contributed by atoms with E-state index in [0.29, 0.717) is 24.1 Å². The van der Waals surface area contributed by atoms with Gasteiger partial charge in [-0.1, -0.05) is 17.5 Å². The number of hydrazine groups is 1. The van der Waals surface area contributed by atoms with E-state index in [0.717, 1.165) is 12.8 Å². The van der Waals surface area contributed by atoms with Gasteiger partial charge in [0.1, 0.15) is 6.04 Å². The lowest BCUT2D eigenvalue weighted by atomic mass is 10.00.